The lowest BCUT2D eigenvalue weighted by Crippen LogP contribution is -2.54. The smallest absolute Gasteiger partial charge is 0.270 e. The van der Waals surface area contributed by atoms with E-state index in [1.807, 2.05) is 28.7 Å². The number of nitrogens with zero attached hydrogens (tertiary/aromatic N) is 2. The quantitative estimate of drug-likeness (QED) is 0.223. The van der Waals surface area contributed by atoms with Gasteiger partial charge in [-0.1, -0.05) is 29.3 Å². The molecule has 0 bridgehead atoms. The van der Waals surface area contributed by atoms with E-state index in [-0.39, 0.29) is 33.0 Å². The highest BCUT2D eigenvalue weighted by Crippen LogP contribution is 2.36. The van der Waals surface area contributed by atoms with Crippen LogP contribution in [0.3, 0.4) is 0 Å². The van der Waals surface area contributed by atoms with Crippen LogP contribution in [0.2, 0.25) is 10.0 Å². The van der Waals surface area contributed by atoms with Crippen LogP contribution in [0.25, 0.3) is 6.08 Å². The first-order valence-electron chi connectivity index (χ1n) is 9.10. The molecule has 3 rings (SSSR count). The predicted octanol–water partition coefficient (Wildman–Crippen LogP) is 4.73. The van der Waals surface area contributed by atoms with Crippen molar-refractivity contribution in [2.24, 2.45) is 0 Å². The summed E-state index contributed by atoms with van der Waals surface area (Å²) in [5, 5.41) is 11.6. The van der Waals surface area contributed by atoms with Crippen LogP contribution in [0.1, 0.15) is 12.5 Å². The van der Waals surface area contributed by atoms with Crippen molar-refractivity contribution >= 4 is 86.7 Å². The number of carbonyl (C=O) groups is 2. The van der Waals surface area contributed by atoms with Gasteiger partial charge in [0.2, 0.25) is 0 Å². The number of anilines is 1. The fraction of sp³-hybridized carbons (Fsp3) is 0.143. The third-order valence-corrected chi connectivity index (χ3v) is 6.09. The Morgan fingerprint density at radius 2 is 2.03 bits per heavy atom. The average molecular weight is 602 g/mol. The van der Waals surface area contributed by atoms with Crippen LogP contribution in [0.4, 0.5) is 5.69 Å². The molecule has 1 aliphatic heterocycles. The fourth-order valence-electron chi connectivity index (χ4n) is 2.89. The number of halogens is 3. The van der Waals surface area contributed by atoms with Gasteiger partial charge >= 0.3 is 0 Å². The van der Waals surface area contributed by atoms with E-state index in [0.29, 0.717) is 27.2 Å². The molecule has 1 fully saturated rings. The predicted molar refractivity (Wildman–Crippen MR) is 134 cm³/mol. The summed E-state index contributed by atoms with van der Waals surface area (Å²) in [6.45, 7) is 2.01. The van der Waals surface area contributed by atoms with E-state index in [2.05, 4.69) is 5.32 Å². The van der Waals surface area contributed by atoms with Crippen LogP contribution >= 0.6 is 58.0 Å². The molecule has 1 saturated heterocycles. The minimum absolute atomic E-state index is 0.105. The summed E-state index contributed by atoms with van der Waals surface area (Å²) < 4.78 is 11.7. The highest BCUT2D eigenvalue weighted by atomic mass is 127. The van der Waals surface area contributed by atoms with E-state index >= 15 is 0 Å². The van der Waals surface area contributed by atoms with Crippen molar-refractivity contribution in [1.82, 2.24) is 5.32 Å². The SMILES string of the molecule is CCOc1cc(/C=C2\C(=O)NC(=S)N(c3cccc(Cl)c3Cl)C2=O)cc(I)c1OCC#N. The molecule has 0 radical (unpaired) electrons. The van der Waals surface area contributed by atoms with Crippen molar-refractivity contribution in [3.05, 3.63) is 55.1 Å². The number of rotatable bonds is 6. The van der Waals surface area contributed by atoms with E-state index in [0.717, 1.165) is 4.90 Å². The van der Waals surface area contributed by atoms with Crippen LogP contribution in [-0.2, 0) is 9.59 Å². The second-order valence-electron chi connectivity index (χ2n) is 6.24. The molecule has 164 valence electrons. The first kappa shape index (κ1) is 24.3. The normalized spacial score (nSPS) is 14.9. The van der Waals surface area contributed by atoms with Crippen LogP contribution < -0.4 is 19.7 Å². The molecule has 1 aliphatic rings. The standard InChI is InChI=1S/C21H14Cl2IN3O4S/c1-2-30-16-10-11(9-14(24)18(16)31-7-6-25)8-12-19(28)26-21(32)27(20(12)29)15-5-3-4-13(22)17(15)23/h3-5,8-10H,2,7H2,1H3,(H,26,28,32)/b12-8+. The number of nitrogens with one attached hydrogen (secondary N) is 1. The summed E-state index contributed by atoms with van der Waals surface area (Å²) in [6.07, 6.45) is 1.42. The molecule has 11 heteroatoms. The Bertz CT molecular complexity index is 1200. The van der Waals surface area contributed by atoms with Crippen molar-refractivity contribution in [2.75, 3.05) is 18.1 Å². The number of carbonyl (C=O) groups excluding carboxylic acids is 2. The number of benzene rings is 2. The van der Waals surface area contributed by atoms with Crippen molar-refractivity contribution in [3.63, 3.8) is 0 Å². The number of thiocarbonyl (C=S) groups is 1. The number of amides is 2. The van der Waals surface area contributed by atoms with E-state index < -0.39 is 11.8 Å². The summed E-state index contributed by atoms with van der Waals surface area (Å²) >= 11 is 19.6. The first-order chi connectivity index (χ1) is 15.3. The van der Waals surface area contributed by atoms with Gasteiger partial charge in [-0.2, -0.15) is 5.26 Å². The third-order valence-electron chi connectivity index (χ3n) is 4.20. The van der Waals surface area contributed by atoms with E-state index in [4.69, 9.17) is 50.2 Å². The Labute approximate surface area is 213 Å². The Morgan fingerprint density at radius 3 is 2.72 bits per heavy atom. The topological polar surface area (TPSA) is 91.7 Å². The second kappa shape index (κ2) is 10.5. The monoisotopic (exact) mass is 601 g/mol. The zero-order valence-electron chi connectivity index (χ0n) is 16.4. The Kier molecular flexibility index (Phi) is 7.95. The van der Waals surface area contributed by atoms with Gasteiger partial charge in [0.15, 0.2) is 23.2 Å². The molecule has 1 heterocycles. The van der Waals surface area contributed by atoms with Crippen LogP contribution in [0, 0.1) is 14.9 Å². The molecule has 0 aromatic heterocycles. The summed E-state index contributed by atoms with van der Waals surface area (Å²) in [5.41, 5.74) is 0.620. The number of hydrogen-bond acceptors (Lipinski definition) is 6. The Balaban J connectivity index is 2.06. The third kappa shape index (κ3) is 4.99. The van der Waals surface area contributed by atoms with E-state index in [1.54, 1.807) is 37.3 Å². The summed E-state index contributed by atoms with van der Waals surface area (Å²) in [5.74, 6) is -0.507. The van der Waals surface area contributed by atoms with E-state index in [9.17, 15) is 9.59 Å². The van der Waals surface area contributed by atoms with Crippen LogP contribution in [0.15, 0.2) is 35.9 Å². The largest absolute Gasteiger partial charge is 0.490 e. The molecule has 2 amide bonds. The Hall–Kier alpha value is -2.39. The molecule has 0 aliphatic carbocycles. The number of hydrogen-bond donors (Lipinski definition) is 1. The van der Waals surface area contributed by atoms with Gasteiger partial charge in [0.1, 0.15) is 11.6 Å². The van der Waals surface area contributed by atoms with Crippen molar-refractivity contribution in [1.29, 1.82) is 5.26 Å². The maximum atomic E-state index is 13.2. The maximum absolute atomic E-state index is 13.2. The lowest BCUT2D eigenvalue weighted by molar-refractivity contribution is -0.122. The molecule has 32 heavy (non-hydrogen) atoms. The zero-order chi connectivity index (χ0) is 23.4. The van der Waals surface area contributed by atoms with Gasteiger partial charge in [0.05, 0.1) is 25.9 Å². The van der Waals surface area contributed by atoms with Gasteiger partial charge in [-0.05, 0) is 77.6 Å². The molecule has 7 nitrogen and oxygen atoms in total. The van der Waals surface area contributed by atoms with Gasteiger partial charge in [-0.3, -0.25) is 19.8 Å². The van der Waals surface area contributed by atoms with Gasteiger partial charge in [0, 0.05) is 0 Å². The van der Waals surface area contributed by atoms with E-state index in [1.165, 1.54) is 6.08 Å². The highest BCUT2D eigenvalue weighted by Gasteiger charge is 2.35. The summed E-state index contributed by atoms with van der Waals surface area (Å²) in [7, 11) is 0. The fourth-order valence-corrected chi connectivity index (χ4v) is 4.32. The molecular formula is C21H14Cl2IN3O4S. The van der Waals surface area contributed by atoms with Gasteiger partial charge < -0.3 is 9.47 Å². The average Bonchev–Trinajstić information content (AvgIpc) is 2.73. The Morgan fingerprint density at radius 1 is 1.28 bits per heavy atom. The maximum Gasteiger partial charge on any atom is 0.270 e. The van der Waals surface area contributed by atoms with Crippen molar-refractivity contribution in [3.8, 4) is 17.6 Å². The van der Waals surface area contributed by atoms with Crippen molar-refractivity contribution < 1.29 is 19.1 Å². The lowest BCUT2D eigenvalue weighted by Gasteiger charge is -2.29. The minimum Gasteiger partial charge on any atom is -0.490 e. The first-order valence-corrected chi connectivity index (χ1v) is 11.3. The van der Waals surface area contributed by atoms with Crippen molar-refractivity contribution in [2.45, 2.75) is 6.92 Å². The molecule has 0 saturated carbocycles. The second-order valence-corrected chi connectivity index (χ2v) is 8.57. The zero-order valence-corrected chi connectivity index (χ0v) is 20.9. The molecule has 0 spiro atoms. The molecule has 0 atom stereocenters. The molecule has 1 N–H and O–H groups in total. The molecule has 2 aromatic carbocycles. The minimum atomic E-state index is -0.652. The molecular weight excluding hydrogens is 588 g/mol. The van der Waals surface area contributed by atoms with Crippen LogP contribution in [-0.4, -0.2) is 30.1 Å². The molecule has 2 aromatic rings. The van der Waals surface area contributed by atoms with Gasteiger partial charge in [0.25, 0.3) is 11.8 Å². The summed E-state index contributed by atoms with van der Waals surface area (Å²) in [4.78, 5) is 26.9. The summed E-state index contributed by atoms with van der Waals surface area (Å²) in [6, 6.07) is 10.0. The highest BCUT2D eigenvalue weighted by molar-refractivity contribution is 14.1. The number of ether oxygens (including phenoxy) is 2. The van der Waals surface area contributed by atoms with Gasteiger partial charge in [-0.25, -0.2) is 0 Å². The number of nitriles is 1. The van der Waals surface area contributed by atoms with Crippen LogP contribution in [0.5, 0.6) is 11.5 Å². The molecule has 0 unspecified atom stereocenters. The van der Waals surface area contributed by atoms with Gasteiger partial charge in [-0.15, -0.1) is 0 Å². The lowest BCUT2D eigenvalue weighted by atomic mass is 10.1.